The zero-order valence-corrected chi connectivity index (χ0v) is 17.2. The molecule has 2 fully saturated rings. The van der Waals surface area contributed by atoms with E-state index in [4.69, 9.17) is 11.6 Å². The van der Waals surface area contributed by atoms with Gasteiger partial charge in [-0.2, -0.15) is 0 Å². The van der Waals surface area contributed by atoms with Gasteiger partial charge in [0.2, 0.25) is 5.91 Å². The SMILES string of the molecule is O=C(Cc1ccccc1Cl)NCC1CCN(C2CC(c3ccncc3)NN2)CC1. The summed E-state index contributed by atoms with van der Waals surface area (Å²) in [6, 6.07) is 12.0. The lowest BCUT2D eigenvalue weighted by molar-refractivity contribution is -0.120. The van der Waals surface area contributed by atoms with Gasteiger partial charge >= 0.3 is 0 Å². The molecule has 4 rings (SSSR count). The van der Waals surface area contributed by atoms with Gasteiger partial charge in [0.05, 0.1) is 12.6 Å². The molecule has 3 N–H and O–H groups in total. The molecule has 2 unspecified atom stereocenters. The van der Waals surface area contributed by atoms with E-state index < -0.39 is 0 Å². The van der Waals surface area contributed by atoms with Crippen molar-refractivity contribution in [1.82, 2.24) is 26.1 Å². The van der Waals surface area contributed by atoms with Crippen molar-refractivity contribution in [3.8, 4) is 0 Å². The predicted octanol–water partition coefficient (Wildman–Crippen LogP) is 2.67. The van der Waals surface area contributed by atoms with Crippen molar-refractivity contribution in [3.05, 3.63) is 64.9 Å². The second kappa shape index (κ2) is 9.67. The summed E-state index contributed by atoms with van der Waals surface area (Å²) in [4.78, 5) is 18.9. The first kappa shape index (κ1) is 20.3. The topological polar surface area (TPSA) is 69.3 Å². The number of nitrogens with one attached hydrogen (secondary N) is 3. The van der Waals surface area contributed by atoms with Gasteiger partial charge in [-0.15, -0.1) is 0 Å². The highest BCUT2D eigenvalue weighted by Crippen LogP contribution is 2.26. The van der Waals surface area contributed by atoms with Gasteiger partial charge < -0.3 is 5.32 Å². The molecular formula is C22H28ClN5O. The molecule has 6 nitrogen and oxygen atoms in total. The summed E-state index contributed by atoms with van der Waals surface area (Å²) in [5, 5.41) is 3.74. The second-order valence-electron chi connectivity index (χ2n) is 7.92. The maximum atomic E-state index is 12.2. The number of carbonyl (C=O) groups excluding carboxylic acids is 1. The van der Waals surface area contributed by atoms with Gasteiger partial charge in [-0.25, -0.2) is 10.9 Å². The van der Waals surface area contributed by atoms with Crippen LogP contribution in [0.3, 0.4) is 0 Å². The lowest BCUT2D eigenvalue weighted by Gasteiger charge is -2.35. The maximum absolute atomic E-state index is 12.2. The number of halogens is 1. The molecule has 0 saturated carbocycles. The molecule has 0 aliphatic carbocycles. The highest BCUT2D eigenvalue weighted by Gasteiger charge is 2.31. The number of piperidine rings is 1. The molecule has 29 heavy (non-hydrogen) atoms. The van der Waals surface area contributed by atoms with E-state index in [1.807, 2.05) is 36.7 Å². The number of benzene rings is 1. The van der Waals surface area contributed by atoms with Crippen molar-refractivity contribution >= 4 is 17.5 Å². The summed E-state index contributed by atoms with van der Waals surface area (Å²) in [5.74, 6) is 0.578. The first-order valence-corrected chi connectivity index (χ1v) is 10.7. The van der Waals surface area contributed by atoms with Crippen molar-refractivity contribution < 1.29 is 4.79 Å². The third kappa shape index (κ3) is 5.34. The van der Waals surface area contributed by atoms with Gasteiger partial charge in [0.25, 0.3) is 0 Å². The summed E-state index contributed by atoms with van der Waals surface area (Å²) in [7, 11) is 0. The van der Waals surface area contributed by atoms with E-state index >= 15 is 0 Å². The lowest BCUT2D eigenvalue weighted by Crippen LogP contribution is -2.49. The van der Waals surface area contributed by atoms with E-state index in [-0.39, 0.29) is 5.91 Å². The minimum atomic E-state index is 0.0439. The molecule has 3 heterocycles. The number of aromatic nitrogens is 1. The first-order chi connectivity index (χ1) is 14.2. The maximum Gasteiger partial charge on any atom is 0.224 e. The van der Waals surface area contributed by atoms with Gasteiger partial charge in [-0.3, -0.25) is 14.7 Å². The van der Waals surface area contributed by atoms with Gasteiger partial charge in [0, 0.05) is 30.0 Å². The minimum absolute atomic E-state index is 0.0439. The third-order valence-electron chi connectivity index (χ3n) is 5.98. The van der Waals surface area contributed by atoms with Crippen LogP contribution < -0.4 is 16.2 Å². The number of carbonyl (C=O) groups is 1. The number of hydrazine groups is 1. The van der Waals surface area contributed by atoms with Gasteiger partial charge in [-0.1, -0.05) is 29.8 Å². The number of pyridine rings is 1. The third-order valence-corrected chi connectivity index (χ3v) is 6.35. The largest absolute Gasteiger partial charge is 0.356 e. The quantitative estimate of drug-likeness (QED) is 0.679. The zero-order chi connectivity index (χ0) is 20.1. The van der Waals surface area contributed by atoms with Crippen molar-refractivity contribution in [2.45, 2.75) is 37.9 Å². The zero-order valence-electron chi connectivity index (χ0n) is 16.5. The number of amides is 1. The van der Waals surface area contributed by atoms with E-state index in [0.29, 0.717) is 29.6 Å². The van der Waals surface area contributed by atoms with Crippen LogP contribution in [0.4, 0.5) is 0 Å². The molecule has 0 radical (unpaired) electrons. The van der Waals surface area contributed by atoms with Crippen LogP contribution in [-0.2, 0) is 11.2 Å². The van der Waals surface area contributed by atoms with Crippen molar-refractivity contribution in [1.29, 1.82) is 0 Å². The van der Waals surface area contributed by atoms with Crippen LogP contribution in [0, 0.1) is 5.92 Å². The number of hydrogen-bond donors (Lipinski definition) is 3. The van der Waals surface area contributed by atoms with Crippen LogP contribution in [0.1, 0.15) is 36.4 Å². The van der Waals surface area contributed by atoms with Gasteiger partial charge in [-0.05, 0) is 67.6 Å². The normalized spacial score (nSPS) is 23.2. The van der Waals surface area contributed by atoms with Crippen LogP contribution in [0.15, 0.2) is 48.8 Å². The molecular weight excluding hydrogens is 386 g/mol. The molecule has 1 aromatic carbocycles. The van der Waals surface area contributed by atoms with Crippen LogP contribution in [0.5, 0.6) is 0 Å². The predicted molar refractivity (Wildman–Crippen MR) is 114 cm³/mol. The summed E-state index contributed by atoms with van der Waals surface area (Å²) in [6.45, 7) is 2.84. The highest BCUT2D eigenvalue weighted by atomic mass is 35.5. The van der Waals surface area contributed by atoms with Crippen LogP contribution in [0.2, 0.25) is 5.02 Å². The van der Waals surface area contributed by atoms with Crippen molar-refractivity contribution in [3.63, 3.8) is 0 Å². The number of hydrogen-bond acceptors (Lipinski definition) is 5. The molecule has 2 aliphatic rings. The Kier molecular flexibility index (Phi) is 6.77. The number of rotatable bonds is 6. The number of likely N-dealkylation sites (tertiary alicyclic amines) is 1. The molecule has 1 amide bonds. The Bertz CT molecular complexity index is 810. The van der Waals surface area contributed by atoms with Crippen LogP contribution in [-0.4, -0.2) is 41.6 Å². The van der Waals surface area contributed by atoms with E-state index in [1.54, 1.807) is 0 Å². The highest BCUT2D eigenvalue weighted by molar-refractivity contribution is 6.31. The van der Waals surface area contributed by atoms with Crippen LogP contribution in [0.25, 0.3) is 0 Å². The van der Waals surface area contributed by atoms with Gasteiger partial charge in [0.1, 0.15) is 0 Å². The molecule has 154 valence electrons. The fraction of sp³-hybridized carbons (Fsp3) is 0.455. The summed E-state index contributed by atoms with van der Waals surface area (Å²) in [6.07, 6.45) is 7.63. The Labute approximate surface area is 177 Å². The lowest BCUT2D eigenvalue weighted by atomic mass is 9.95. The van der Waals surface area contributed by atoms with Crippen molar-refractivity contribution in [2.75, 3.05) is 19.6 Å². The van der Waals surface area contributed by atoms with Gasteiger partial charge in [0.15, 0.2) is 0 Å². The smallest absolute Gasteiger partial charge is 0.224 e. The molecule has 7 heteroatoms. The summed E-state index contributed by atoms with van der Waals surface area (Å²) < 4.78 is 0. The molecule has 1 aromatic heterocycles. The minimum Gasteiger partial charge on any atom is -0.356 e. The first-order valence-electron chi connectivity index (χ1n) is 10.3. The molecule has 2 atom stereocenters. The van der Waals surface area contributed by atoms with E-state index in [0.717, 1.165) is 44.5 Å². The average Bonchev–Trinajstić information content (AvgIpc) is 3.25. The Balaban J connectivity index is 1.18. The molecule has 0 spiro atoms. The molecule has 2 saturated heterocycles. The molecule has 2 aliphatic heterocycles. The Morgan fingerprint density at radius 3 is 2.66 bits per heavy atom. The Morgan fingerprint density at radius 2 is 1.90 bits per heavy atom. The second-order valence-corrected chi connectivity index (χ2v) is 8.33. The standard InChI is InChI=1S/C22H28ClN5O/c23-19-4-2-1-3-18(19)13-22(29)25-15-16-7-11-28(12-8-16)21-14-20(26-27-21)17-5-9-24-10-6-17/h1-6,9-10,16,20-21,26-27H,7-8,11-15H2,(H,25,29). The Morgan fingerprint density at radius 1 is 1.14 bits per heavy atom. The van der Waals surface area contributed by atoms with E-state index in [2.05, 4.69) is 38.2 Å². The average molecular weight is 414 g/mol. The monoisotopic (exact) mass is 413 g/mol. The molecule has 2 aromatic rings. The number of nitrogens with zero attached hydrogens (tertiary/aromatic N) is 2. The van der Waals surface area contributed by atoms with Crippen LogP contribution >= 0.6 is 11.6 Å². The van der Waals surface area contributed by atoms with Crippen molar-refractivity contribution in [2.24, 2.45) is 5.92 Å². The molecule has 0 bridgehead atoms. The van der Waals surface area contributed by atoms with E-state index in [1.165, 1.54) is 5.56 Å². The Hall–Kier alpha value is -1.99. The van der Waals surface area contributed by atoms with E-state index in [9.17, 15) is 4.79 Å². The summed E-state index contributed by atoms with van der Waals surface area (Å²) in [5.41, 5.74) is 9.01. The fourth-order valence-electron chi connectivity index (χ4n) is 4.20. The fourth-order valence-corrected chi connectivity index (χ4v) is 4.40. The summed E-state index contributed by atoms with van der Waals surface area (Å²) >= 11 is 6.15.